The van der Waals surface area contributed by atoms with Gasteiger partial charge in [-0.3, -0.25) is 4.79 Å². The molecule has 7 nitrogen and oxygen atoms in total. The van der Waals surface area contributed by atoms with E-state index in [0.29, 0.717) is 18.3 Å². The van der Waals surface area contributed by atoms with Crippen LogP contribution in [-0.4, -0.2) is 47.2 Å². The van der Waals surface area contributed by atoms with Crippen LogP contribution in [0.25, 0.3) is 10.9 Å². The van der Waals surface area contributed by atoms with Crippen LogP contribution >= 0.6 is 0 Å². The summed E-state index contributed by atoms with van der Waals surface area (Å²) < 4.78 is 5.30. The van der Waals surface area contributed by atoms with E-state index in [1.165, 1.54) is 25.6 Å². The molecule has 0 aliphatic heterocycles. The molecule has 2 heterocycles. The highest BCUT2D eigenvalue weighted by Crippen LogP contribution is 2.26. The Hall–Kier alpha value is -2.93. The summed E-state index contributed by atoms with van der Waals surface area (Å²) in [6.45, 7) is 1.38. The Morgan fingerprint density at radius 3 is 2.90 bits per heavy atom. The second kappa shape index (κ2) is 9.05. The van der Waals surface area contributed by atoms with Crippen LogP contribution in [0, 0.1) is 0 Å². The molecule has 0 radical (unpaired) electrons. The van der Waals surface area contributed by atoms with Crippen molar-refractivity contribution in [1.82, 2.24) is 15.0 Å². The molecule has 2 N–H and O–H groups in total. The zero-order chi connectivity index (χ0) is 20.1. The van der Waals surface area contributed by atoms with Crippen molar-refractivity contribution >= 4 is 28.3 Å². The Kier molecular flexibility index (Phi) is 6.05. The Morgan fingerprint density at radius 2 is 2.07 bits per heavy atom. The number of carbonyl (C=O) groups is 1. The van der Waals surface area contributed by atoms with Crippen molar-refractivity contribution in [3.8, 4) is 0 Å². The molecule has 0 atom stereocenters. The molecule has 0 saturated heterocycles. The zero-order valence-electron chi connectivity index (χ0n) is 16.7. The fraction of sp³-hybridized carbons (Fsp3) is 0.409. The number of nitrogens with zero attached hydrogens (tertiary/aromatic N) is 3. The molecule has 0 unspecified atom stereocenters. The van der Waals surface area contributed by atoms with Crippen molar-refractivity contribution in [1.29, 1.82) is 0 Å². The van der Waals surface area contributed by atoms with Gasteiger partial charge in [0.15, 0.2) is 0 Å². The minimum atomic E-state index is -0.237. The summed E-state index contributed by atoms with van der Waals surface area (Å²) in [5.74, 6) is 0.550. The van der Waals surface area contributed by atoms with E-state index in [9.17, 15) is 4.79 Å². The first kappa shape index (κ1) is 19.4. The highest BCUT2D eigenvalue weighted by molar-refractivity contribution is 6.04. The van der Waals surface area contributed by atoms with E-state index >= 15 is 0 Å². The molecule has 1 aliphatic rings. The monoisotopic (exact) mass is 393 g/mol. The van der Waals surface area contributed by atoms with Gasteiger partial charge in [0.25, 0.3) is 5.91 Å². The van der Waals surface area contributed by atoms with Gasteiger partial charge >= 0.3 is 0 Å². The SMILES string of the molecule is COCCN(c1cc(C(=O)Nc2ccc3[nH]ccc3c2)ncn1)C1CCCCC1. The second-order valence-electron chi connectivity index (χ2n) is 7.47. The molecule has 1 fully saturated rings. The second-order valence-corrected chi connectivity index (χ2v) is 7.47. The third-order valence-corrected chi connectivity index (χ3v) is 5.54. The summed E-state index contributed by atoms with van der Waals surface area (Å²) in [5.41, 5.74) is 2.14. The van der Waals surface area contributed by atoms with Crippen LogP contribution in [0.3, 0.4) is 0 Å². The molecule has 29 heavy (non-hydrogen) atoms. The molecule has 1 aromatic carbocycles. The average Bonchev–Trinajstić information content (AvgIpc) is 3.23. The van der Waals surface area contributed by atoms with Gasteiger partial charge in [-0.2, -0.15) is 0 Å². The number of H-pyrrole nitrogens is 1. The lowest BCUT2D eigenvalue weighted by atomic mass is 9.94. The number of benzene rings is 1. The molecule has 1 amide bonds. The van der Waals surface area contributed by atoms with E-state index in [1.54, 1.807) is 13.2 Å². The normalized spacial score (nSPS) is 14.8. The van der Waals surface area contributed by atoms with Crippen LogP contribution in [0.4, 0.5) is 11.5 Å². The molecule has 1 saturated carbocycles. The van der Waals surface area contributed by atoms with Crippen LogP contribution in [0.2, 0.25) is 0 Å². The summed E-state index contributed by atoms with van der Waals surface area (Å²) in [6, 6.07) is 9.97. The van der Waals surface area contributed by atoms with Crippen LogP contribution in [0.15, 0.2) is 42.9 Å². The Bertz CT molecular complexity index is 965. The lowest BCUT2D eigenvalue weighted by molar-refractivity contribution is 0.102. The van der Waals surface area contributed by atoms with Gasteiger partial charge in [0.05, 0.1) is 6.61 Å². The van der Waals surface area contributed by atoms with Crippen LogP contribution in [-0.2, 0) is 4.74 Å². The third kappa shape index (κ3) is 4.56. The zero-order valence-corrected chi connectivity index (χ0v) is 16.7. The maximum absolute atomic E-state index is 12.8. The number of hydrogen-bond donors (Lipinski definition) is 2. The van der Waals surface area contributed by atoms with Crippen molar-refractivity contribution in [2.24, 2.45) is 0 Å². The number of anilines is 2. The molecular weight excluding hydrogens is 366 g/mol. The highest BCUT2D eigenvalue weighted by atomic mass is 16.5. The van der Waals surface area contributed by atoms with Gasteiger partial charge in [-0.05, 0) is 37.1 Å². The Balaban J connectivity index is 1.53. The standard InChI is InChI=1S/C22H27N5O2/c1-29-12-11-27(18-5-3-2-4-6-18)21-14-20(24-15-25-21)22(28)26-17-7-8-19-16(13-17)9-10-23-19/h7-10,13-15,18,23H,2-6,11-12H2,1H3,(H,26,28). The fourth-order valence-electron chi connectivity index (χ4n) is 4.02. The van der Waals surface area contributed by atoms with Crippen molar-refractivity contribution in [3.05, 3.63) is 48.5 Å². The number of aromatic amines is 1. The topological polar surface area (TPSA) is 83.1 Å². The molecule has 1 aliphatic carbocycles. The maximum atomic E-state index is 12.8. The van der Waals surface area contributed by atoms with Gasteiger partial charge < -0.3 is 19.9 Å². The summed E-state index contributed by atoms with van der Waals surface area (Å²) in [5, 5.41) is 3.99. The number of carbonyl (C=O) groups excluding carboxylic acids is 1. The van der Waals surface area contributed by atoms with E-state index in [1.807, 2.05) is 30.5 Å². The predicted molar refractivity (Wildman–Crippen MR) is 114 cm³/mol. The largest absolute Gasteiger partial charge is 0.383 e. The fourth-order valence-corrected chi connectivity index (χ4v) is 4.02. The minimum Gasteiger partial charge on any atom is -0.383 e. The van der Waals surface area contributed by atoms with Crippen molar-refractivity contribution < 1.29 is 9.53 Å². The number of aromatic nitrogens is 3. The summed E-state index contributed by atoms with van der Waals surface area (Å²) in [6.07, 6.45) is 9.40. The molecule has 0 bridgehead atoms. The van der Waals surface area contributed by atoms with Gasteiger partial charge in [0.1, 0.15) is 17.8 Å². The van der Waals surface area contributed by atoms with E-state index in [4.69, 9.17) is 4.74 Å². The van der Waals surface area contributed by atoms with Gasteiger partial charge in [-0.25, -0.2) is 9.97 Å². The first-order chi connectivity index (χ1) is 14.2. The number of ether oxygens (including phenoxy) is 1. The first-order valence-electron chi connectivity index (χ1n) is 10.2. The number of amides is 1. The van der Waals surface area contributed by atoms with Gasteiger partial charge in [0.2, 0.25) is 0 Å². The summed E-state index contributed by atoms with van der Waals surface area (Å²) in [7, 11) is 1.71. The van der Waals surface area contributed by atoms with E-state index in [-0.39, 0.29) is 5.91 Å². The first-order valence-corrected chi connectivity index (χ1v) is 10.2. The van der Waals surface area contributed by atoms with Crippen molar-refractivity contribution in [3.63, 3.8) is 0 Å². The highest BCUT2D eigenvalue weighted by Gasteiger charge is 2.23. The lowest BCUT2D eigenvalue weighted by Gasteiger charge is -2.35. The van der Waals surface area contributed by atoms with Crippen LogP contribution in [0.1, 0.15) is 42.6 Å². The number of hydrogen-bond acceptors (Lipinski definition) is 5. The lowest BCUT2D eigenvalue weighted by Crippen LogP contribution is -2.39. The Labute approximate surface area is 170 Å². The summed E-state index contributed by atoms with van der Waals surface area (Å²) >= 11 is 0. The van der Waals surface area contributed by atoms with Crippen LogP contribution in [0.5, 0.6) is 0 Å². The minimum absolute atomic E-state index is 0.237. The van der Waals surface area contributed by atoms with Gasteiger partial charge in [0, 0.05) is 48.5 Å². The maximum Gasteiger partial charge on any atom is 0.274 e. The molecule has 4 rings (SSSR count). The molecule has 7 heteroatoms. The van der Waals surface area contributed by atoms with E-state index < -0.39 is 0 Å². The number of rotatable bonds is 7. The van der Waals surface area contributed by atoms with Crippen molar-refractivity contribution in [2.45, 2.75) is 38.1 Å². The van der Waals surface area contributed by atoms with Crippen LogP contribution < -0.4 is 10.2 Å². The molecule has 0 spiro atoms. The predicted octanol–water partition coefficient (Wildman–Crippen LogP) is 4.00. The summed E-state index contributed by atoms with van der Waals surface area (Å²) in [4.78, 5) is 26.9. The number of methoxy groups -OCH3 is 1. The van der Waals surface area contributed by atoms with Gasteiger partial charge in [-0.1, -0.05) is 19.3 Å². The quantitative estimate of drug-likeness (QED) is 0.634. The van der Waals surface area contributed by atoms with E-state index in [2.05, 4.69) is 25.2 Å². The smallest absolute Gasteiger partial charge is 0.274 e. The average molecular weight is 393 g/mol. The molecule has 152 valence electrons. The molecule has 2 aromatic heterocycles. The number of fused-ring (bicyclic) bond motifs is 1. The molecular formula is C22H27N5O2. The molecule has 3 aromatic rings. The van der Waals surface area contributed by atoms with Crippen molar-refractivity contribution in [2.75, 3.05) is 30.5 Å². The number of nitrogens with one attached hydrogen (secondary N) is 2. The Morgan fingerprint density at radius 1 is 1.21 bits per heavy atom. The third-order valence-electron chi connectivity index (χ3n) is 5.54. The van der Waals surface area contributed by atoms with E-state index in [0.717, 1.165) is 41.8 Å². The van der Waals surface area contributed by atoms with Gasteiger partial charge in [-0.15, -0.1) is 0 Å².